The molecule has 23 heavy (non-hydrogen) atoms. The average molecular weight is 328 g/mol. The SMILES string of the molecule is Cc1nsc(NC[C@@H](O)CN2CCc3ccccc3C2)c1C#N. The highest BCUT2D eigenvalue weighted by Crippen LogP contribution is 2.23. The van der Waals surface area contributed by atoms with Crippen LogP contribution in [0.3, 0.4) is 0 Å². The highest BCUT2D eigenvalue weighted by molar-refractivity contribution is 7.10. The average Bonchev–Trinajstić information content (AvgIpc) is 2.92. The molecule has 0 fully saturated rings. The highest BCUT2D eigenvalue weighted by Gasteiger charge is 2.19. The van der Waals surface area contributed by atoms with Crippen molar-refractivity contribution in [1.82, 2.24) is 9.27 Å². The lowest BCUT2D eigenvalue weighted by Crippen LogP contribution is -2.39. The standard InChI is InChI=1S/C17H20N4OS/c1-12-16(8-18)17(23-20-12)19-9-15(22)11-21-7-6-13-4-2-3-5-14(13)10-21/h2-5,15,19,22H,6-7,9-11H2,1H3/t15-/m1/s1. The second-order valence-electron chi connectivity index (χ2n) is 5.87. The molecule has 0 radical (unpaired) electrons. The lowest BCUT2D eigenvalue weighted by molar-refractivity contribution is 0.114. The summed E-state index contributed by atoms with van der Waals surface area (Å²) in [6, 6.07) is 10.6. The molecule has 3 rings (SSSR count). The second kappa shape index (κ2) is 7.09. The number of anilines is 1. The van der Waals surface area contributed by atoms with E-state index in [1.807, 2.05) is 6.92 Å². The predicted octanol–water partition coefficient (Wildman–Crippen LogP) is 2.15. The topological polar surface area (TPSA) is 72.2 Å². The summed E-state index contributed by atoms with van der Waals surface area (Å²) in [5.41, 5.74) is 4.08. The molecule has 120 valence electrons. The van der Waals surface area contributed by atoms with Crippen LogP contribution in [0.5, 0.6) is 0 Å². The van der Waals surface area contributed by atoms with Crippen LogP contribution in [0.2, 0.25) is 0 Å². The summed E-state index contributed by atoms with van der Waals surface area (Å²) in [5, 5.41) is 23.3. The fraction of sp³-hybridized carbons (Fsp3) is 0.412. The van der Waals surface area contributed by atoms with Gasteiger partial charge in [-0.15, -0.1) is 0 Å². The summed E-state index contributed by atoms with van der Waals surface area (Å²) >= 11 is 1.27. The van der Waals surface area contributed by atoms with Crippen LogP contribution in [0.25, 0.3) is 0 Å². The highest BCUT2D eigenvalue weighted by atomic mass is 32.1. The van der Waals surface area contributed by atoms with Crippen LogP contribution in [-0.2, 0) is 13.0 Å². The fourth-order valence-electron chi connectivity index (χ4n) is 2.91. The van der Waals surface area contributed by atoms with Gasteiger partial charge in [-0.1, -0.05) is 24.3 Å². The number of aryl methyl sites for hydroxylation is 1. The van der Waals surface area contributed by atoms with E-state index in [1.165, 1.54) is 22.7 Å². The molecule has 2 heterocycles. The Morgan fingerprint density at radius 3 is 3.00 bits per heavy atom. The van der Waals surface area contributed by atoms with Gasteiger partial charge >= 0.3 is 0 Å². The van der Waals surface area contributed by atoms with Gasteiger partial charge < -0.3 is 10.4 Å². The van der Waals surface area contributed by atoms with Crippen molar-refractivity contribution in [1.29, 1.82) is 5.26 Å². The lowest BCUT2D eigenvalue weighted by Gasteiger charge is -2.30. The van der Waals surface area contributed by atoms with Crippen molar-refractivity contribution in [3.05, 3.63) is 46.6 Å². The molecule has 2 N–H and O–H groups in total. The van der Waals surface area contributed by atoms with Crippen LogP contribution >= 0.6 is 11.5 Å². The van der Waals surface area contributed by atoms with E-state index in [1.54, 1.807) is 0 Å². The van der Waals surface area contributed by atoms with Crippen molar-refractivity contribution in [2.45, 2.75) is 26.0 Å². The minimum absolute atomic E-state index is 0.425. The molecule has 0 aliphatic carbocycles. The number of β-amino-alcohol motifs (C(OH)–C–C–N with tert-alkyl or cyclic N) is 1. The van der Waals surface area contributed by atoms with Crippen molar-refractivity contribution < 1.29 is 5.11 Å². The number of aliphatic hydroxyl groups excluding tert-OH is 1. The van der Waals surface area contributed by atoms with E-state index < -0.39 is 6.10 Å². The Labute approximate surface area is 140 Å². The van der Waals surface area contributed by atoms with E-state index in [2.05, 4.69) is 44.9 Å². The summed E-state index contributed by atoms with van der Waals surface area (Å²) in [4.78, 5) is 2.28. The summed E-state index contributed by atoms with van der Waals surface area (Å²) < 4.78 is 4.17. The van der Waals surface area contributed by atoms with Gasteiger partial charge in [-0.25, -0.2) is 0 Å². The van der Waals surface area contributed by atoms with Crippen molar-refractivity contribution in [3.8, 4) is 6.07 Å². The maximum Gasteiger partial charge on any atom is 0.127 e. The zero-order valence-electron chi connectivity index (χ0n) is 13.1. The number of nitrogens with one attached hydrogen (secondary N) is 1. The Kier molecular flexibility index (Phi) is 4.91. The third-order valence-corrected chi connectivity index (χ3v) is 5.05. The molecule has 2 aromatic rings. The molecule has 1 aromatic carbocycles. The fourth-order valence-corrected chi connectivity index (χ4v) is 3.66. The molecule has 0 bridgehead atoms. The molecule has 0 unspecified atom stereocenters. The van der Waals surface area contributed by atoms with E-state index in [0.29, 0.717) is 18.7 Å². The molecule has 6 heteroatoms. The Morgan fingerprint density at radius 2 is 2.22 bits per heavy atom. The van der Waals surface area contributed by atoms with E-state index in [0.717, 1.165) is 30.2 Å². The quantitative estimate of drug-likeness (QED) is 0.880. The third kappa shape index (κ3) is 3.70. The molecule has 5 nitrogen and oxygen atoms in total. The monoisotopic (exact) mass is 328 g/mol. The number of rotatable bonds is 5. The summed E-state index contributed by atoms with van der Waals surface area (Å²) in [7, 11) is 0. The Balaban J connectivity index is 1.52. The number of aliphatic hydroxyl groups is 1. The third-order valence-electron chi connectivity index (χ3n) is 4.15. The van der Waals surface area contributed by atoms with Gasteiger partial charge in [-0.3, -0.25) is 4.90 Å². The maximum atomic E-state index is 10.3. The molecule has 1 aromatic heterocycles. The lowest BCUT2D eigenvalue weighted by atomic mass is 10.00. The maximum absolute atomic E-state index is 10.3. The van der Waals surface area contributed by atoms with Crippen molar-refractivity contribution in [2.75, 3.05) is 25.0 Å². The van der Waals surface area contributed by atoms with Gasteiger partial charge in [0.15, 0.2) is 0 Å². The minimum Gasteiger partial charge on any atom is -0.390 e. The number of benzene rings is 1. The molecule has 1 atom stereocenters. The van der Waals surface area contributed by atoms with Crippen LogP contribution in [0.1, 0.15) is 22.4 Å². The molecular formula is C17H20N4OS. The summed E-state index contributed by atoms with van der Waals surface area (Å²) in [6.07, 6.45) is 0.553. The number of fused-ring (bicyclic) bond motifs is 1. The zero-order chi connectivity index (χ0) is 16.2. The van der Waals surface area contributed by atoms with Gasteiger partial charge in [0, 0.05) is 26.2 Å². The first-order valence-corrected chi connectivity index (χ1v) is 8.52. The first-order chi connectivity index (χ1) is 11.2. The molecule has 0 amide bonds. The van der Waals surface area contributed by atoms with Crippen molar-refractivity contribution in [2.24, 2.45) is 0 Å². The normalized spacial score (nSPS) is 15.7. The number of nitriles is 1. The molecule has 1 aliphatic heterocycles. The van der Waals surface area contributed by atoms with Gasteiger partial charge in [0.25, 0.3) is 0 Å². The van der Waals surface area contributed by atoms with Gasteiger partial charge in [0.05, 0.1) is 11.8 Å². The van der Waals surface area contributed by atoms with Crippen LogP contribution in [0.15, 0.2) is 24.3 Å². The van der Waals surface area contributed by atoms with Gasteiger partial charge in [0.2, 0.25) is 0 Å². The number of hydrogen-bond acceptors (Lipinski definition) is 6. The summed E-state index contributed by atoms with van der Waals surface area (Å²) in [5.74, 6) is 0. The minimum atomic E-state index is -0.478. The first-order valence-electron chi connectivity index (χ1n) is 7.75. The van der Waals surface area contributed by atoms with Crippen molar-refractivity contribution in [3.63, 3.8) is 0 Å². The number of nitrogens with zero attached hydrogens (tertiary/aromatic N) is 3. The van der Waals surface area contributed by atoms with Gasteiger partial charge in [-0.2, -0.15) is 9.64 Å². The van der Waals surface area contributed by atoms with Gasteiger partial charge in [-0.05, 0) is 36.0 Å². The zero-order valence-corrected chi connectivity index (χ0v) is 13.9. The van der Waals surface area contributed by atoms with Gasteiger partial charge in [0.1, 0.15) is 16.6 Å². The molecule has 1 aliphatic rings. The van der Waals surface area contributed by atoms with Crippen LogP contribution in [0, 0.1) is 18.3 Å². The largest absolute Gasteiger partial charge is 0.390 e. The van der Waals surface area contributed by atoms with Crippen molar-refractivity contribution >= 4 is 16.5 Å². The molecule has 0 spiro atoms. The molecular weight excluding hydrogens is 308 g/mol. The Morgan fingerprint density at radius 1 is 1.43 bits per heavy atom. The summed E-state index contributed by atoms with van der Waals surface area (Å²) in [6.45, 7) is 4.73. The van der Waals surface area contributed by atoms with Crippen LogP contribution in [0.4, 0.5) is 5.00 Å². The molecule has 0 saturated heterocycles. The van der Waals surface area contributed by atoms with E-state index in [9.17, 15) is 5.11 Å². The van der Waals surface area contributed by atoms with E-state index >= 15 is 0 Å². The smallest absolute Gasteiger partial charge is 0.127 e. The second-order valence-corrected chi connectivity index (χ2v) is 6.65. The number of hydrogen-bond donors (Lipinski definition) is 2. The van der Waals surface area contributed by atoms with Crippen LogP contribution in [-0.4, -0.2) is 40.1 Å². The van der Waals surface area contributed by atoms with Crippen LogP contribution < -0.4 is 5.32 Å². The molecule has 0 saturated carbocycles. The predicted molar refractivity (Wildman–Crippen MR) is 91.5 cm³/mol. The Bertz CT molecular complexity index is 722. The Hall–Kier alpha value is -1.94. The number of aromatic nitrogens is 1. The van der Waals surface area contributed by atoms with E-state index in [4.69, 9.17) is 5.26 Å². The first kappa shape index (κ1) is 15.9. The van der Waals surface area contributed by atoms with E-state index in [-0.39, 0.29) is 0 Å².